The zero-order valence-electron chi connectivity index (χ0n) is 18.5. The quantitative estimate of drug-likeness (QED) is 0.287. The number of carbonyl (C=O) groups is 4. The summed E-state index contributed by atoms with van der Waals surface area (Å²) in [5.74, 6) is -4.30. The number of Topliss-reactive ketones (excluding diaryl/α,β-unsaturated/α-hetero) is 2. The minimum Gasteiger partial charge on any atom is -0.497 e. The topological polar surface area (TPSA) is 110 Å². The summed E-state index contributed by atoms with van der Waals surface area (Å²) in [6.07, 6.45) is 0. The van der Waals surface area contributed by atoms with E-state index in [1.807, 2.05) is 0 Å². The molecule has 9 heteroatoms. The van der Waals surface area contributed by atoms with Gasteiger partial charge in [-0.15, -0.1) is 0 Å². The van der Waals surface area contributed by atoms with E-state index in [9.17, 15) is 19.2 Å². The van der Waals surface area contributed by atoms with Gasteiger partial charge in [-0.2, -0.15) is 0 Å². The molecule has 0 aliphatic carbocycles. The number of methoxy groups -OCH3 is 1. The van der Waals surface area contributed by atoms with Crippen LogP contribution in [0.2, 0.25) is 5.02 Å². The number of carbonyl (C=O) groups excluding carboxylic acids is 3. The van der Waals surface area contributed by atoms with Gasteiger partial charge in [-0.3, -0.25) is 19.3 Å². The summed E-state index contributed by atoms with van der Waals surface area (Å²) in [7, 11) is 1.50. The highest BCUT2D eigenvalue weighted by Crippen LogP contribution is 2.45. The van der Waals surface area contributed by atoms with Gasteiger partial charge in [0.2, 0.25) is 5.78 Å². The molecular weight excluding hydrogens is 474 g/mol. The lowest BCUT2D eigenvalue weighted by Crippen LogP contribution is -2.31. The molecule has 1 aliphatic heterocycles. The van der Waals surface area contributed by atoms with Crippen LogP contribution < -0.4 is 14.4 Å². The van der Waals surface area contributed by atoms with Crippen molar-refractivity contribution in [3.63, 3.8) is 0 Å². The van der Waals surface area contributed by atoms with Gasteiger partial charge in [0.25, 0.3) is 5.91 Å². The molecule has 178 valence electrons. The lowest BCUT2D eigenvalue weighted by molar-refractivity contribution is -0.139. The van der Waals surface area contributed by atoms with E-state index in [1.165, 1.54) is 30.2 Å². The van der Waals surface area contributed by atoms with E-state index in [2.05, 4.69) is 0 Å². The van der Waals surface area contributed by atoms with E-state index in [0.717, 1.165) is 0 Å². The molecule has 1 heterocycles. The van der Waals surface area contributed by atoms with Crippen LogP contribution in [0.3, 0.4) is 0 Å². The molecule has 4 rings (SSSR count). The predicted molar refractivity (Wildman–Crippen MR) is 127 cm³/mol. The predicted octanol–water partition coefficient (Wildman–Crippen LogP) is 3.97. The first-order valence-electron chi connectivity index (χ1n) is 10.6. The number of amides is 1. The Morgan fingerprint density at radius 2 is 1.69 bits per heavy atom. The summed E-state index contributed by atoms with van der Waals surface area (Å²) in [6, 6.07) is 18.0. The van der Waals surface area contributed by atoms with Crippen LogP contribution >= 0.6 is 11.6 Å². The summed E-state index contributed by atoms with van der Waals surface area (Å²) in [4.78, 5) is 52.4. The third-order valence-corrected chi connectivity index (χ3v) is 5.88. The number of ketones is 2. The second-order valence-electron chi connectivity index (χ2n) is 7.75. The Morgan fingerprint density at radius 3 is 2.31 bits per heavy atom. The molecular formula is C26H20ClNO7. The maximum atomic E-state index is 13.5. The Hall–Kier alpha value is -4.17. The smallest absolute Gasteiger partial charge is 0.341 e. The molecule has 1 N–H and O–H groups in total. The Balaban J connectivity index is 1.89. The fourth-order valence-electron chi connectivity index (χ4n) is 4.07. The van der Waals surface area contributed by atoms with Gasteiger partial charge in [-0.25, -0.2) is 4.79 Å². The standard InChI is InChI=1S/C26H20ClNO7/c1-34-18-10-8-17(9-11-18)28-23(19-12-7-16(27)13-20(19)35-14-21(29)30)22(25(32)26(28)33)24(31)15-5-3-2-4-6-15/h2-13,22-23H,14H2,1H3,(H,29,30). The van der Waals surface area contributed by atoms with Gasteiger partial charge in [0.05, 0.1) is 13.2 Å². The SMILES string of the molecule is COc1ccc(N2C(=O)C(=O)C(C(=O)c3ccccc3)C2c2ccc(Cl)cc2OCC(=O)O)cc1. The van der Waals surface area contributed by atoms with Gasteiger partial charge in [0, 0.05) is 21.8 Å². The first kappa shape index (κ1) is 24.0. The van der Waals surface area contributed by atoms with Gasteiger partial charge in [-0.05, 0) is 36.4 Å². The van der Waals surface area contributed by atoms with Crippen LogP contribution in [0.5, 0.6) is 11.5 Å². The molecule has 0 bridgehead atoms. The zero-order valence-corrected chi connectivity index (χ0v) is 19.3. The number of hydrogen-bond acceptors (Lipinski definition) is 6. The van der Waals surface area contributed by atoms with Crippen molar-refractivity contribution in [3.8, 4) is 11.5 Å². The van der Waals surface area contributed by atoms with Crippen molar-refractivity contribution in [2.24, 2.45) is 5.92 Å². The van der Waals surface area contributed by atoms with E-state index < -0.39 is 42.0 Å². The molecule has 0 radical (unpaired) electrons. The van der Waals surface area contributed by atoms with Crippen molar-refractivity contribution >= 4 is 40.7 Å². The number of nitrogens with zero attached hydrogens (tertiary/aromatic N) is 1. The largest absolute Gasteiger partial charge is 0.497 e. The molecule has 2 atom stereocenters. The van der Waals surface area contributed by atoms with Crippen LogP contribution in [0.4, 0.5) is 5.69 Å². The van der Waals surface area contributed by atoms with Crippen molar-refractivity contribution in [1.82, 2.24) is 0 Å². The van der Waals surface area contributed by atoms with Crippen molar-refractivity contribution < 1.29 is 33.8 Å². The highest BCUT2D eigenvalue weighted by Gasteiger charge is 2.53. The van der Waals surface area contributed by atoms with Crippen LogP contribution in [0.15, 0.2) is 72.8 Å². The number of benzene rings is 3. The van der Waals surface area contributed by atoms with Crippen molar-refractivity contribution in [2.75, 3.05) is 18.6 Å². The lowest BCUT2D eigenvalue weighted by atomic mass is 9.86. The number of carboxylic acid groups (broad SMARTS) is 1. The average Bonchev–Trinajstić information content (AvgIpc) is 3.13. The number of rotatable bonds is 8. The van der Waals surface area contributed by atoms with Crippen LogP contribution in [-0.4, -0.2) is 42.3 Å². The zero-order chi connectivity index (χ0) is 25.1. The molecule has 2 unspecified atom stereocenters. The molecule has 3 aromatic rings. The Bertz CT molecular complexity index is 1290. The number of hydrogen-bond donors (Lipinski definition) is 1. The van der Waals surface area contributed by atoms with Crippen LogP contribution in [0.1, 0.15) is 22.0 Å². The second kappa shape index (κ2) is 9.99. The van der Waals surface area contributed by atoms with Crippen LogP contribution in [0, 0.1) is 5.92 Å². The van der Waals surface area contributed by atoms with E-state index in [-0.39, 0.29) is 21.9 Å². The van der Waals surface area contributed by atoms with Gasteiger partial charge in [0.1, 0.15) is 17.4 Å². The average molecular weight is 494 g/mol. The summed E-state index contributed by atoms with van der Waals surface area (Å²) < 4.78 is 10.6. The third-order valence-electron chi connectivity index (χ3n) is 5.64. The molecule has 0 saturated carbocycles. The number of anilines is 1. The van der Waals surface area contributed by atoms with Gasteiger partial charge >= 0.3 is 5.97 Å². The minimum absolute atomic E-state index is 0.0526. The van der Waals surface area contributed by atoms with Gasteiger partial charge in [0.15, 0.2) is 12.4 Å². The summed E-state index contributed by atoms with van der Waals surface area (Å²) in [5.41, 5.74) is 0.902. The Kier molecular flexibility index (Phi) is 6.84. The first-order chi connectivity index (χ1) is 16.8. The van der Waals surface area contributed by atoms with Crippen LogP contribution in [0.25, 0.3) is 0 Å². The second-order valence-corrected chi connectivity index (χ2v) is 8.19. The van der Waals surface area contributed by atoms with Crippen molar-refractivity contribution in [1.29, 1.82) is 0 Å². The molecule has 3 aromatic carbocycles. The number of halogens is 1. The van der Waals surface area contributed by atoms with E-state index in [0.29, 0.717) is 11.4 Å². The maximum Gasteiger partial charge on any atom is 0.341 e. The van der Waals surface area contributed by atoms with Crippen molar-refractivity contribution in [3.05, 3.63) is 88.9 Å². The van der Waals surface area contributed by atoms with Gasteiger partial charge in [-0.1, -0.05) is 48.0 Å². The number of aliphatic carboxylic acids is 1. The molecule has 35 heavy (non-hydrogen) atoms. The number of carboxylic acids is 1. The van der Waals surface area contributed by atoms with Crippen molar-refractivity contribution in [2.45, 2.75) is 6.04 Å². The molecule has 1 amide bonds. The fraction of sp³-hybridized carbons (Fsp3) is 0.154. The molecule has 0 aromatic heterocycles. The van der Waals surface area contributed by atoms with Crippen LogP contribution in [-0.2, 0) is 14.4 Å². The maximum absolute atomic E-state index is 13.5. The van der Waals surface area contributed by atoms with E-state index in [1.54, 1.807) is 54.6 Å². The van der Waals surface area contributed by atoms with E-state index >= 15 is 0 Å². The highest BCUT2D eigenvalue weighted by atomic mass is 35.5. The summed E-state index contributed by atoms with van der Waals surface area (Å²) in [6.45, 7) is -0.679. The Morgan fingerprint density at radius 1 is 1.00 bits per heavy atom. The van der Waals surface area contributed by atoms with Gasteiger partial charge < -0.3 is 14.6 Å². The summed E-state index contributed by atoms with van der Waals surface area (Å²) in [5, 5.41) is 9.37. The Labute approximate surface area is 205 Å². The highest BCUT2D eigenvalue weighted by molar-refractivity contribution is 6.49. The molecule has 8 nitrogen and oxygen atoms in total. The first-order valence-corrected chi connectivity index (χ1v) is 10.9. The lowest BCUT2D eigenvalue weighted by Gasteiger charge is -2.28. The summed E-state index contributed by atoms with van der Waals surface area (Å²) >= 11 is 6.12. The molecule has 1 saturated heterocycles. The van der Waals surface area contributed by atoms with E-state index in [4.69, 9.17) is 26.2 Å². The normalized spacial score (nSPS) is 17.4. The molecule has 1 fully saturated rings. The molecule has 1 aliphatic rings. The molecule has 0 spiro atoms. The fourth-order valence-corrected chi connectivity index (χ4v) is 4.23. The number of ether oxygens (including phenoxy) is 2. The monoisotopic (exact) mass is 493 g/mol. The third kappa shape index (κ3) is 4.74. The minimum atomic E-state index is -1.39.